The second-order valence-corrected chi connectivity index (χ2v) is 8.45. The van der Waals surface area contributed by atoms with Crippen molar-refractivity contribution >= 4 is 5.91 Å². The first-order chi connectivity index (χ1) is 13.6. The van der Waals surface area contributed by atoms with Crippen LogP contribution in [0.4, 0.5) is 0 Å². The normalized spacial score (nSPS) is 24.6. The average molecular weight is 388 g/mol. The molecule has 6 heteroatoms. The Balaban J connectivity index is 1.43. The van der Waals surface area contributed by atoms with Gasteiger partial charge in [0.1, 0.15) is 17.6 Å². The molecule has 0 aromatic heterocycles. The zero-order chi connectivity index (χ0) is 19.5. The molecule has 2 saturated heterocycles. The Hall–Kier alpha value is -1.79. The van der Waals surface area contributed by atoms with Crippen molar-refractivity contribution < 1.29 is 14.3 Å². The van der Waals surface area contributed by atoms with E-state index in [-0.39, 0.29) is 18.1 Å². The SMILES string of the molecule is COc1ccc(OC2CCN(C3CCCC3)CC2)c(C(=O)N2CCC(N)C2)c1. The summed E-state index contributed by atoms with van der Waals surface area (Å²) in [4.78, 5) is 17.5. The van der Waals surface area contributed by atoms with Gasteiger partial charge in [0.15, 0.2) is 0 Å². The fourth-order valence-corrected chi connectivity index (χ4v) is 4.86. The topological polar surface area (TPSA) is 68.0 Å². The number of hydrogen-bond donors (Lipinski definition) is 1. The molecule has 0 bridgehead atoms. The van der Waals surface area contributed by atoms with Crippen LogP contribution in [0, 0.1) is 0 Å². The van der Waals surface area contributed by atoms with Crippen LogP contribution in [0.5, 0.6) is 11.5 Å². The van der Waals surface area contributed by atoms with E-state index in [2.05, 4.69) is 4.90 Å². The number of nitrogens with two attached hydrogens (primary N) is 1. The third-order valence-electron chi connectivity index (χ3n) is 6.54. The van der Waals surface area contributed by atoms with E-state index in [1.54, 1.807) is 13.2 Å². The van der Waals surface area contributed by atoms with Crippen LogP contribution < -0.4 is 15.2 Å². The van der Waals surface area contributed by atoms with Crippen LogP contribution in [-0.2, 0) is 0 Å². The van der Waals surface area contributed by atoms with Gasteiger partial charge in [-0.1, -0.05) is 12.8 Å². The van der Waals surface area contributed by atoms with Gasteiger partial charge in [-0.15, -0.1) is 0 Å². The Bertz CT molecular complexity index is 682. The Morgan fingerprint density at radius 2 is 1.82 bits per heavy atom. The highest BCUT2D eigenvalue weighted by molar-refractivity contribution is 5.97. The zero-order valence-corrected chi connectivity index (χ0v) is 16.9. The van der Waals surface area contributed by atoms with Gasteiger partial charge in [-0.05, 0) is 50.3 Å². The smallest absolute Gasteiger partial charge is 0.257 e. The lowest BCUT2D eigenvalue weighted by Crippen LogP contribution is -2.43. The van der Waals surface area contributed by atoms with E-state index in [4.69, 9.17) is 15.2 Å². The quantitative estimate of drug-likeness (QED) is 0.841. The first-order valence-electron chi connectivity index (χ1n) is 10.8. The average Bonchev–Trinajstić information content (AvgIpc) is 3.40. The Morgan fingerprint density at radius 1 is 1.07 bits per heavy atom. The molecule has 1 aromatic carbocycles. The summed E-state index contributed by atoms with van der Waals surface area (Å²) in [5, 5.41) is 0. The molecule has 2 aliphatic heterocycles. The minimum atomic E-state index is -0.00904. The summed E-state index contributed by atoms with van der Waals surface area (Å²) in [5.41, 5.74) is 6.58. The molecule has 1 saturated carbocycles. The third kappa shape index (κ3) is 4.28. The summed E-state index contributed by atoms with van der Waals surface area (Å²) >= 11 is 0. The number of likely N-dealkylation sites (tertiary alicyclic amines) is 2. The summed E-state index contributed by atoms with van der Waals surface area (Å²) in [6.45, 7) is 3.50. The number of rotatable bonds is 5. The highest BCUT2D eigenvalue weighted by Crippen LogP contribution is 2.31. The first kappa shape index (κ1) is 19.5. The summed E-state index contributed by atoms with van der Waals surface area (Å²) in [6.07, 6.45) is 8.50. The fourth-order valence-electron chi connectivity index (χ4n) is 4.86. The molecule has 2 heterocycles. The molecule has 6 nitrogen and oxygen atoms in total. The predicted molar refractivity (Wildman–Crippen MR) is 109 cm³/mol. The maximum absolute atomic E-state index is 13.1. The summed E-state index contributed by atoms with van der Waals surface area (Å²) in [6, 6.07) is 6.40. The minimum Gasteiger partial charge on any atom is -0.497 e. The monoisotopic (exact) mass is 387 g/mol. The van der Waals surface area contributed by atoms with E-state index in [0.29, 0.717) is 30.2 Å². The van der Waals surface area contributed by atoms with Gasteiger partial charge in [0.2, 0.25) is 0 Å². The summed E-state index contributed by atoms with van der Waals surface area (Å²) < 4.78 is 11.7. The van der Waals surface area contributed by atoms with Crippen LogP contribution in [0.2, 0.25) is 0 Å². The molecule has 1 atom stereocenters. The minimum absolute atomic E-state index is 0.00904. The van der Waals surface area contributed by atoms with E-state index in [0.717, 1.165) is 38.4 Å². The molecule has 1 aliphatic carbocycles. The highest BCUT2D eigenvalue weighted by atomic mass is 16.5. The third-order valence-corrected chi connectivity index (χ3v) is 6.54. The largest absolute Gasteiger partial charge is 0.497 e. The molecule has 3 fully saturated rings. The van der Waals surface area contributed by atoms with Gasteiger partial charge in [-0.2, -0.15) is 0 Å². The highest BCUT2D eigenvalue weighted by Gasteiger charge is 2.30. The van der Waals surface area contributed by atoms with E-state index in [9.17, 15) is 4.79 Å². The Labute approximate surface area is 168 Å². The molecule has 1 amide bonds. The van der Waals surface area contributed by atoms with Gasteiger partial charge < -0.3 is 25.0 Å². The van der Waals surface area contributed by atoms with Crippen LogP contribution in [0.25, 0.3) is 0 Å². The predicted octanol–water partition coefficient (Wildman–Crippen LogP) is 2.65. The van der Waals surface area contributed by atoms with Crippen LogP contribution in [0.3, 0.4) is 0 Å². The summed E-state index contributed by atoms with van der Waals surface area (Å²) in [7, 11) is 1.62. The lowest BCUT2D eigenvalue weighted by atomic mass is 10.0. The lowest BCUT2D eigenvalue weighted by Gasteiger charge is -2.36. The Kier molecular flexibility index (Phi) is 6.07. The first-order valence-corrected chi connectivity index (χ1v) is 10.8. The maximum atomic E-state index is 13.1. The van der Waals surface area contributed by atoms with Crippen molar-refractivity contribution in [2.75, 3.05) is 33.3 Å². The molecule has 0 radical (unpaired) electrons. The van der Waals surface area contributed by atoms with Crippen molar-refractivity contribution in [1.29, 1.82) is 0 Å². The Morgan fingerprint density at radius 3 is 2.46 bits per heavy atom. The van der Waals surface area contributed by atoms with Crippen molar-refractivity contribution in [1.82, 2.24) is 9.80 Å². The van der Waals surface area contributed by atoms with Crippen LogP contribution in [0.1, 0.15) is 55.3 Å². The van der Waals surface area contributed by atoms with Crippen LogP contribution in [-0.4, -0.2) is 67.2 Å². The molecule has 2 N–H and O–H groups in total. The molecule has 1 aromatic rings. The van der Waals surface area contributed by atoms with Gasteiger partial charge in [0, 0.05) is 38.3 Å². The van der Waals surface area contributed by atoms with Crippen LogP contribution in [0.15, 0.2) is 18.2 Å². The molecular weight excluding hydrogens is 354 g/mol. The molecule has 4 rings (SSSR count). The van der Waals surface area contributed by atoms with E-state index in [1.165, 1.54) is 25.7 Å². The lowest BCUT2D eigenvalue weighted by molar-refractivity contribution is 0.0712. The van der Waals surface area contributed by atoms with E-state index < -0.39 is 0 Å². The van der Waals surface area contributed by atoms with Gasteiger partial charge in [-0.25, -0.2) is 0 Å². The number of amides is 1. The molecule has 0 spiro atoms. The van der Waals surface area contributed by atoms with E-state index >= 15 is 0 Å². The van der Waals surface area contributed by atoms with Crippen LogP contribution >= 0.6 is 0 Å². The zero-order valence-electron chi connectivity index (χ0n) is 16.9. The molecule has 154 valence electrons. The molecule has 28 heavy (non-hydrogen) atoms. The van der Waals surface area contributed by atoms with E-state index in [1.807, 2.05) is 17.0 Å². The number of hydrogen-bond acceptors (Lipinski definition) is 5. The maximum Gasteiger partial charge on any atom is 0.257 e. The van der Waals surface area contributed by atoms with Gasteiger partial charge in [0.25, 0.3) is 5.91 Å². The molecule has 3 aliphatic rings. The van der Waals surface area contributed by atoms with Crippen molar-refractivity contribution in [3.8, 4) is 11.5 Å². The number of benzene rings is 1. The number of piperidine rings is 1. The summed E-state index contributed by atoms with van der Waals surface area (Å²) in [5.74, 6) is 1.34. The molecule has 1 unspecified atom stereocenters. The number of methoxy groups -OCH3 is 1. The second kappa shape index (κ2) is 8.70. The number of nitrogens with zero attached hydrogens (tertiary/aromatic N) is 2. The fraction of sp³-hybridized carbons (Fsp3) is 0.682. The molecular formula is C22H33N3O3. The number of carbonyl (C=O) groups excluding carboxylic acids is 1. The van der Waals surface area contributed by atoms with Crippen molar-refractivity contribution in [2.45, 2.75) is 63.1 Å². The number of carbonyl (C=O) groups is 1. The van der Waals surface area contributed by atoms with Gasteiger partial charge in [0.05, 0.1) is 12.7 Å². The van der Waals surface area contributed by atoms with Crippen molar-refractivity contribution in [3.05, 3.63) is 23.8 Å². The van der Waals surface area contributed by atoms with Gasteiger partial charge in [-0.3, -0.25) is 4.79 Å². The standard InChI is InChI=1S/C22H33N3O3/c1-27-19-6-7-21(20(14-19)22(26)25-11-8-16(23)15-25)28-18-9-12-24(13-10-18)17-4-2-3-5-17/h6-7,14,16-18H,2-5,8-13,15,23H2,1H3. The van der Waals surface area contributed by atoms with Gasteiger partial charge >= 0.3 is 0 Å². The second-order valence-electron chi connectivity index (χ2n) is 8.45. The van der Waals surface area contributed by atoms with Crippen molar-refractivity contribution in [2.24, 2.45) is 5.73 Å². The van der Waals surface area contributed by atoms with Crippen molar-refractivity contribution in [3.63, 3.8) is 0 Å². The number of ether oxygens (including phenoxy) is 2.